The molecule has 1 saturated carbocycles. The van der Waals surface area contributed by atoms with E-state index < -0.39 is 22.6 Å². The lowest BCUT2D eigenvalue weighted by molar-refractivity contribution is -0.119. The van der Waals surface area contributed by atoms with Crippen LogP contribution in [-0.2, 0) is 26.1 Å². The number of hydrogen-bond donors (Lipinski definition) is 1. The summed E-state index contributed by atoms with van der Waals surface area (Å²) >= 11 is 1.22. The Bertz CT molecular complexity index is 1100. The molecule has 10 heteroatoms. The lowest BCUT2D eigenvalue weighted by atomic mass is 9.96. The van der Waals surface area contributed by atoms with Gasteiger partial charge in [0, 0.05) is 24.9 Å². The number of esters is 1. The Morgan fingerprint density at radius 1 is 1.06 bits per heavy atom. The zero-order chi connectivity index (χ0) is 24.0. The number of amides is 1. The molecule has 0 aliphatic heterocycles. The van der Waals surface area contributed by atoms with Crippen LogP contribution in [0, 0.1) is 0 Å². The molecule has 1 aliphatic rings. The van der Waals surface area contributed by atoms with Crippen molar-refractivity contribution >= 4 is 39.0 Å². The predicted octanol–water partition coefficient (Wildman–Crippen LogP) is 3.38. The zero-order valence-electron chi connectivity index (χ0n) is 18.7. The van der Waals surface area contributed by atoms with Gasteiger partial charge < -0.3 is 10.1 Å². The standard InChI is InChI=1S/C23H28N2O6S2/c1-16(26)24-14-19-10-13-22(32-19)21(27)15-31-23(28)17-8-11-20(12-9-17)33(29,30)25(2)18-6-4-3-5-7-18/h8-13,18H,3-7,14-15H2,1-2H3,(H,24,26). The fraction of sp³-hybridized carbons (Fsp3) is 0.435. The number of sulfonamides is 1. The summed E-state index contributed by atoms with van der Waals surface area (Å²) in [6.07, 6.45) is 4.89. The molecule has 1 aromatic carbocycles. The minimum atomic E-state index is -3.65. The van der Waals surface area contributed by atoms with Crippen LogP contribution < -0.4 is 5.32 Å². The van der Waals surface area contributed by atoms with Crippen molar-refractivity contribution in [2.75, 3.05) is 13.7 Å². The molecule has 0 unspecified atom stereocenters. The average Bonchev–Trinajstić information content (AvgIpc) is 3.30. The normalized spacial score (nSPS) is 14.8. The molecule has 178 valence electrons. The molecular weight excluding hydrogens is 464 g/mol. The Balaban J connectivity index is 1.56. The molecule has 0 saturated heterocycles. The first-order valence-electron chi connectivity index (χ1n) is 10.8. The van der Waals surface area contributed by atoms with Crippen molar-refractivity contribution in [3.05, 3.63) is 51.7 Å². The summed E-state index contributed by atoms with van der Waals surface area (Å²) in [5.74, 6) is -1.22. The van der Waals surface area contributed by atoms with Gasteiger partial charge in [0.2, 0.25) is 21.7 Å². The van der Waals surface area contributed by atoms with Gasteiger partial charge >= 0.3 is 5.97 Å². The molecule has 1 amide bonds. The minimum absolute atomic E-state index is 0.00425. The van der Waals surface area contributed by atoms with Crippen molar-refractivity contribution in [1.29, 1.82) is 0 Å². The van der Waals surface area contributed by atoms with Crippen molar-refractivity contribution in [3.8, 4) is 0 Å². The third-order valence-corrected chi connectivity index (χ3v) is 8.69. The number of carbonyl (C=O) groups excluding carboxylic acids is 3. The van der Waals surface area contributed by atoms with E-state index in [0.717, 1.165) is 37.0 Å². The quantitative estimate of drug-likeness (QED) is 0.425. The number of Topliss-reactive ketones (excluding diaryl/α,β-unsaturated/α-hetero) is 1. The Kier molecular flexibility index (Phi) is 8.39. The summed E-state index contributed by atoms with van der Waals surface area (Å²) in [6.45, 7) is 1.32. The maximum atomic E-state index is 12.9. The van der Waals surface area contributed by atoms with E-state index >= 15 is 0 Å². The van der Waals surface area contributed by atoms with Gasteiger partial charge in [-0.15, -0.1) is 11.3 Å². The van der Waals surface area contributed by atoms with E-state index in [1.165, 1.54) is 46.8 Å². The zero-order valence-corrected chi connectivity index (χ0v) is 20.3. The third kappa shape index (κ3) is 6.49. The number of thiophene rings is 1. The fourth-order valence-corrected chi connectivity index (χ4v) is 5.98. The van der Waals surface area contributed by atoms with Crippen LogP contribution >= 0.6 is 11.3 Å². The number of ketones is 1. The van der Waals surface area contributed by atoms with Gasteiger partial charge in [0.05, 0.1) is 21.9 Å². The first kappa shape index (κ1) is 25.1. The second-order valence-electron chi connectivity index (χ2n) is 8.01. The number of hydrogen-bond acceptors (Lipinski definition) is 7. The van der Waals surface area contributed by atoms with Crippen LogP contribution in [0.5, 0.6) is 0 Å². The number of benzene rings is 1. The molecule has 3 rings (SSSR count). The maximum absolute atomic E-state index is 12.9. The second kappa shape index (κ2) is 11.0. The highest BCUT2D eigenvalue weighted by Gasteiger charge is 2.29. The lowest BCUT2D eigenvalue weighted by Crippen LogP contribution is -2.38. The van der Waals surface area contributed by atoms with Gasteiger partial charge in [-0.3, -0.25) is 9.59 Å². The van der Waals surface area contributed by atoms with Gasteiger partial charge in [-0.25, -0.2) is 13.2 Å². The topological polar surface area (TPSA) is 110 Å². The molecule has 0 bridgehead atoms. The molecule has 1 fully saturated rings. The van der Waals surface area contributed by atoms with Gasteiger partial charge in [-0.1, -0.05) is 19.3 Å². The Labute approximate surface area is 198 Å². The van der Waals surface area contributed by atoms with E-state index in [1.54, 1.807) is 19.2 Å². The summed E-state index contributed by atoms with van der Waals surface area (Å²) in [7, 11) is -2.05. The van der Waals surface area contributed by atoms with Crippen molar-refractivity contribution in [1.82, 2.24) is 9.62 Å². The van der Waals surface area contributed by atoms with Crippen molar-refractivity contribution in [2.45, 2.75) is 56.5 Å². The Morgan fingerprint density at radius 2 is 1.73 bits per heavy atom. The molecule has 1 aliphatic carbocycles. The number of rotatable bonds is 9. The van der Waals surface area contributed by atoms with E-state index in [1.807, 2.05) is 0 Å². The van der Waals surface area contributed by atoms with Gasteiger partial charge in [0.1, 0.15) is 0 Å². The molecule has 8 nitrogen and oxygen atoms in total. The molecule has 2 aromatic rings. The highest BCUT2D eigenvalue weighted by molar-refractivity contribution is 7.89. The smallest absolute Gasteiger partial charge is 0.338 e. The highest BCUT2D eigenvalue weighted by Crippen LogP contribution is 2.26. The first-order chi connectivity index (χ1) is 15.7. The number of ether oxygens (including phenoxy) is 1. The van der Waals surface area contributed by atoms with Crippen molar-refractivity contribution in [3.63, 3.8) is 0 Å². The summed E-state index contributed by atoms with van der Waals surface area (Å²) in [6, 6.07) is 8.92. The molecule has 0 atom stereocenters. The van der Waals surface area contributed by atoms with Crippen LogP contribution in [0.1, 0.15) is 63.9 Å². The molecule has 0 radical (unpaired) electrons. The van der Waals surface area contributed by atoms with E-state index in [0.29, 0.717) is 11.4 Å². The van der Waals surface area contributed by atoms with Gasteiger partial charge in [0.15, 0.2) is 6.61 Å². The molecule has 1 heterocycles. The van der Waals surface area contributed by atoms with E-state index in [2.05, 4.69) is 5.32 Å². The summed E-state index contributed by atoms with van der Waals surface area (Å²) < 4.78 is 32.4. The fourth-order valence-electron chi connectivity index (χ4n) is 3.69. The minimum Gasteiger partial charge on any atom is -0.454 e. The highest BCUT2D eigenvalue weighted by atomic mass is 32.2. The van der Waals surface area contributed by atoms with E-state index in [-0.39, 0.29) is 28.2 Å². The average molecular weight is 493 g/mol. The summed E-state index contributed by atoms with van der Waals surface area (Å²) in [5, 5.41) is 2.66. The molecule has 1 aromatic heterocycles. The van der Waals surface area contributed by atoms with E-state index in [9.17, 15) is 22.8 Å². The van der Waals surface area contributed by atoms with E-state index in [4.69, 9.17) is 4.74 Å². The van der Waals surface area contributed by atoms with Gasteiger partial charge in [0.25, 0.3) is 0 Å². The predicted molar refractivity (Wildman–Crippen MR) is 125 cm³/mol. The van der Waals surface area contributed by atoms with Crippen molar-refractivity contribution in [2.24, 2.45) is 0 Å². The Morgan fingerprint density at radius 3 is 2.36 bits per heavy atom. The molecule has 33 heavy (non-hydrogen) atoms. The first-order valence-corrected chi connectivity index (χ1v) is 13.1. The number of nitrogens with zero attached hydrogens (tertiary/aromatic N) is 1. The number of nitrogens with one attached hydrogen (secondary N) is 1. The monoisotopic (exact) mass is 492 g/mol. The largest absolute Gasteiger partial charge is 0.454 e. The van der Waals surface area contributed by atoms with Crippen LogP contribution in [0.2, 0.25) is 0 Å². The summed E-state index contributed by atoms with van der Waals surface area (Å²) in [5.41, 5.74) is 0.166. The van der Waals surface area contributed by atoms with Crippen LogP contribution in [-0.4, -0.2) is 50.1 Å². The molecule has 1 N–H and O–H groups in total. The maximum Gasteiger partial charge on any atom is 0.338 e. The van der Waals surface area contributed by atoms with Crippen LogP contribution in [0.15, 0.2) is 41.3 Å². The van der Waals surface area contributed by atoms with Gasteiger partial charge in [-0.2, -0.15) is 4.31 Å². The number of carbonyl (C=O) groups is 3. The summed E-state index contributed by atoms with van der Waals surface area (Å²) in [4.78, 5) is 37.0. The third-order valence-electron chi connectivity index (χ3n) is 5.64. The van der Waals surface area contributed by atoms with Crippen LogP contribution in [0.3, 0.4) is 0 Å². The SMILES string of the molecule is CC(=O)NCc1ccc(C(=O)COC(=O)c2ccc(S(=O)(=O)N(C)C3CCCCC3)cc2)s1. The van der Waals surface area contributed by atoms with Crippen LogP contribution in [0.25, 0.3) is 0 Å². The molecule has 0 spiro atoms. The van der Waals surface area contributed by atoms with Crippen LogP contribution in [0.4, 0.5) is 0 Å². The second-order valence-corrected chi connectivity index (χ2v) is 11.2. The lowest BCUT2D eigenvalue weighted by Gasteiger charge is -2.30. The van der Waals surface area contributed by atoms with Crippen molar-refractivity contribution < 1.29 is 27.5 Å². The van der Waals surface area contributed by atoms with Gasteiger partial charge in [-0.05, 0) is 49.2 Å². The Hall–Kier alpha value is -2.56. The molecular formula is C23H28N2O6S2.